The Morgan fingerprint density at radius 3 is 2.78 bits per heavy atom. The first-order chi connectivity index (χ1) is 11.2. The molecule has 5 heteroatoms. The summed E-state index contributed by atoms with van der Waals surface area (Å²) in [7, 11) is 3.09. The first-order valence-electron chi connectivity index (χ1n) is 7.76. The fourth-order valence-electron chi connectivity index (χ4n) is 2.72. The SMILES string of the molecule is COc1ccc([C@@H](C#N)NC(=O)CC2=CCCCC2)c(OC)c1. The third kappa shape index (κ3) is 4.49. The minimum absolute atomic E-state index is 0.137. The number of carbonyl (C=O) groups is 1. The molecule has 23 heavy (non-hydrogen) atoms. The van der Waals surface area contributed by atoms with Crippen LogP contribution in [-0.4, -0.2) is 20.1 Å². The number of allylic oxidation sites excluding steroid dienone is 1. The molecule has 122 valence electrons. The molecule has 0 spiro atoms. The molecule has 0 bridgehead atoms. The summed E-state index contributed by atoms with van der Waals surface area (Å²) in [5.41, 5.74) is 1.79. The van der Waals surface area contributed by atoms with Gasteiger partial charge >= 0.3 is 0 Å². The van der Waals surface area contributed by atoms with E-state index < -0.39 is 6.04 Å². The monoisotopic (exact) mass is 314 g/mol. The number of nitriles is 1. The molecule has 1 aromatic rings. The van der Waals surface area contributed by atoms with E-state index in [9.17, 15) is 10.1 Å². The summed E-state index contributed by atoms with van der Waals surface area (Å²) < 4.78 is 10.5. The molecule has 0 fully saturated rings. The van der Waals surface area contributed by atoms with Crippen LogP contribution in [0, 0.1) is 11.3 Å². The zero-order valence-electron chi connectivity index (χ0n) is 13.6. The van der Waals surface area contributed by atoms with Crippen molar-refractivity contribution < 1.29 is 14.3 Å². The second kappa shape index (κ2) is 8.23. The van der Waals surface area contributed by atoms with Gasteiger partial charge in [0, 0.05) is 18.1 Å². The molecule has 0 aromatic heterocycles. The highest BCUT2D eigenvalue weighted by molar-refractivity contribution is 5.79. The number of nitrogens with zero attached hydrogens (tertiary/aromatic N) is 1. The number of ether oxygens (including phenoxy) is 2. The van der Waals surface area contributed by atoms with Gasteiger partial charge in [0.05, 0.1) is 20.3 Å². The summed E-state index contributed by atoms with van der Waals surface area (Å²) in [6, 6.07) is 6.58. The second-order valence-electron chi connectivity index (χ2n) is 5.52. The van der Waals surface area contributed by atoms with Gasteiger partial charge < -0.3 is 14.8 Å². The van der Waals surface area contributed by atoms with E-state index in [1.807, 2.05) is 0 Å². The van der Waals surface area contributed by atoms with Crippen molar-refractivity contribution in [2.75, 3.05) is 14.2 Å². The standard InChI is InChI=1S/C18H22N2O3/c1-22-14-8-9-15(17(11-14)23-2)16(12-19)20-18(21)10-13-6-4-3-5-7-13/h6,8-9,11,16H,3-5,7,10H2,1-2H3,(H,20,21)/t16-/m1/s1. The highest BCUT2D eigenvalue weighted by Gasteiger charge is 2.19. The summed E-state index contributed by atoms with van der Waals surface area (Å²) in [4.78, 5) is 12.2. The van der Waals surface area contributed by atoms with Gasteiger partial charge in [-0.1, -0.05) is 11.6 Å². The van der Waals surface area contributed by atoms with Crippen LogP contribution in [0.25, 0.3) is 0 Å². The Labute approximate surface area is 136 Å². The van der Waals surface area contributed by atoms with Gasteiger partial charge in [0.1, 0.15) is 17.5 Å². The largest absolute Gasteiger partial charge is 0.497 e. The molecule has 2 rings (SSSR count). The third-order valence-corrected chi connectivity index (χ3v) is 3.96. The van der Waals surface area contributed by atoms with Gasteiger partial charge in [-0.2, -0.15) is 5.26 Å². The van der Waals surface area contributed by atoms with Crippen molar-refractivity contribution in [1.82, 2.24) is 5.32 Å². The Bertz CT molecular complexity index is 632. The molecule has 1 aromatic carbocycles. The van der Waals surface area contributed by atoms with Crippen molar-refractivity contribution in [2.45, 2.75) is 38.1 Å². The maximum atomic E-state index is 12.2. The minimum atomic E-state index is -0.743. The zero-order valence-corrected chi connectivity index (χ0v) is 13.6. The van der Waals surface area contributed by atoms with Crippen LogP contribution >= 0.6 is 0 Å². The van der Waals surface area contributed by atoms with Gasteiger partial charge in [-0.15, -0.1) is 0 Å². The molecule has 0 unspecified atom stereocenters. The molecule has 0 aliphatic heterocycles. The van der Waals surface area contributed by atoms with Crippen LogP contribution in [0.1, 0.15) is 43.7 Å². The third-order valence-electron chi connectivity index (χ3n) is 3.96. The fraction of sp³-hybridized carbons (Fsp3) is 0.444. The summed E-state index contributed by atoms with van der Waals surface area (Å²) in [5.74, 6) is 1.02. The van der Waals surface area contributed by atoms with Gasteiger partial charge in [0.25, 0.3) is 0 Å². The number of amides is 1. The van der Waals surface area contributed by atoms with Crippen LogP contribution in [0.5, 0.6) is 11.5 Å². The predicted molar refractivity (Wildman–Crippen MR) is 87.2 cm³/mol. The Morgan fingerprint density at radius 2 is 2.17 bits per heavy atom. The van der Waals surface area contributed by atoms with Gasteiger partial charge in [0.2, 0.25) is 5.91 Å². The normalized spacial score (nSPS) is 15.1. The maximum absolute atomic E-state index is 12.2. The number of hydrogen-bond donors (Lipinski definition) is 1. The van der Waals surface area contributed by atoms with Gasteiger partial charge in [0.15, 0.2) is 0 Å². The molecule has 5 nitrogen and oxygen atoms in total. The molecule has 1 aliphatic rings. The average molecular weight is 314 g/mol. The van der Waals surface area contributed by atoms with Crippen molar-refractivity contribution in [1.29, 1.82) is 5.26 Å². The van der Waals surface area contributed by atoms with Crippen LogP contribution in [0.2, 0.25) is 0 Å². The number of carbonyl (C=O) groups excluding carboxylic acids is 1. The van der Waals surface area contributed by atoms with Gasteiger partial charge in [-0.25, -0.2) is 0 Å². The van der Waals surface area contributed by atoms with E-state index in [0.29, 0.717) is 23.5 Å². The summed E-state index contributed by atoms with van der Waals surface area (Å²) >= 11 is 0. The lowest BCUT2D eigenvalue weighted by molar-refractivity contribution is -0.120. The summed E-state index contributed by atoms with van der Waals surface area (Å²) in [6.07, 6.45) is 6.82. The van der Waals surface area contributed by atoms with E-state index in [-0.39, 0.29) is 5.91 Å². The highest BCUT2D eigenvalue weighted by atomic mass is 16.5. The molecular weight excluding hydrogens is 292 g/mol. The number of hydrogen-bond acceptors (Lipinski definition) is 4. The van der Waals surface area contributed by atoms with Crippen molar-refractivity contribution >= 4 is 5.91 Å². The molecule has 0 radical (unpaired) electrons. The van der Waals surface area contributed by atoms with Crippen LogP contribution in [0.3, 0.4) is 0 Å². The molecular formula is C18H22N2O3. The average Bonchev–Trinajstić information content (AvgIpc) is 2.60. The van der Waals surface area contributed by atoms with Crippen LogP contribution < -0.4 is 14.8 Å². The fourth-order valence-corrected chi connectivity index (χ4v) is 2.72. The Hall–Kier alpha value is -2.48. The lowest BCUT2D eigenvalue weighted by Gasteiger charge is -2.17. The van der Waals surface area contributed by atoms with E-state index >= 15 is 0 Å². The lowest BCUT2D eigenvalue weighted by Crippen LogP contribution is -2.28. The molecule has 1 amide bonds. The van der Waals surface area contributed by atoms with Crippen molar-refractivity contribution in [3.05, 3.63) is 35.4 Å². The van der Waals surface area contributed by atoms with Crippen LogP contribution in [-0.2, 0) is 4.79 Å². The first-order valence-corrected chi connectivity index (χ1v) is 7.76. The van der Waals surface area contributed by atoms with Gasteiger partial charge in [-0.3, -0.25) is 4.79 Å². The first kappa shape index (κ1) is 16.9. The van der Waals surface area contributed by atoms with E-state index in [0.717, 1.165) is 24.8 Å². The minimum Gasteiger partial charge on any atom is -0.497 e. The topological polar surface area (TPSA) is 71.3 Å². The Morgan fingerprint density at radius 1 is 1.35 bits per heavy atom. The highest BCUT2D eigenvalue weighted by Crippen LogP contribution is 2.29. The Kier molecular flexibility index (Phi) is 6.04. The van der Waals surface area contributed by atoms with E-state index in [2.05, 4.69) is 17.5 Å². The molecule has 0 saturated heterocycles. The van der Waals surface area contributed by atoms with E-state index in [4.69, 9.17) is 9.47 Å². The molecule has 0 saturated carbocycles. The van der Waals surface area contributed by atoms with Crippen LogP contribution in [0.15, 0.2) is 29.8 Å². The summed E-state index contributed by atoms with van der Waals surface area (Å²) in [5, 5.41) is 12.2. The molecule has 1 aliphatic carbocycles. The lowest BCUT2D eigenvalue weighted by atomic mass is 9.97. The number of methoxy groups -OCH3 is 2. The summed E-state index contributed by atoms with van der Waals surface area (Å²) in [6.45, 7) is 0. The molecule has 1 atom stereocenters. The number of benzene rings is 1. The van der Waals surface area contributed by atoms with Gasteiger partial charge in [-0.05, 0) is 37.8 Å². The second-order valence-corrected chi connectivity index (χ2v) is 5.52. The maximum Gasteiger partial charge on any atom is 0.225 e. The predicted octanol–water partition coefficient (Wildman–Crippen LogP) is 3.28. The quantitative estimate of drug-likeness (QED) is 0.818. The molecule has 1 N–H and O–H groups in total. The number of rotatable bonds is 6. The smallest absolute Gasteiger partial charge is 0.225 e. The van der Waals surface area contributed by atoms with Crippen LogP contribution in [0.4, 0.5) is 0 Å². The Balaban J connectivity index is 2.09. The zero-order chi connectivity index (χ0) is 16.7. The van der Waals surface area contributed by atoms with Crippen molar-refractivity contribution in [2.24, 2.45) is 0 Å². The number of nitrogens with one attached hydrogen (secondary N) is 1. The van der Waals surface area contributed by atoms with Crippen molar-refractivity contribution in [3.8, 4) is 17.6 Å². The molecule has 0 heterocycles. The van der Waals surface area contributed by atoms with Crippen molar-refractivity contribution in [3.63, 3.8) is 0 Å². The van der Waals surface area contributed by atoms with E-state index in [1.54, 1.807) is 25.3 Å². The van der Waals surface area contributed by atoms with E-state index in [1.165, 1.54) is 13.5 Å².